The maximum Gasteiger partial charge on any atom is 0.491 e. The van der Waals surface area contributed by atoms with Crippen molar-refractivity contribution in [1.82, 2.24) is 0 Å². The Kier molecular flexibility index (Phi) is 2.75. The lowest BCUT2D eigenvalue weighted by Gasteiger charge is -2.02. The number of rotatable bonds is 3. The number of carbonyl (C=O) groups is 1. The Labute approximate surface area is 87.6 Å². The number of fused-ring (bicyclic) bond motifs is 1. The van der Waals surface area contributed by atoms with Crippen molar-refractivity contribution in [3.63, 3.8) is 0 Å². The lowest BCUT2D eigenvalue weighted by atomic mass is 9.78. The fraction of sp³-hybridized carbons (Fsp3) is 0.300. The Balaban J connectivity index is 2.14. The number of carboxylic acids is 1. The van der Waals surface area contributed by atoms with Crippen molar-refractivity contribution in [1.29, 1.82) is 0 Å². The van der Waals surface area contributed by atoms with Crippen molar-refractivity contribution in [2.24, 2.45) is 0 Å². The van der Waals surface area contributed by atoms with Crippen molar-refractivity contribution in [2.75, 3.05) is 0 Å². The summed E-state index contributed by atoms with van der Waals surface area (Å²) in [5.41, 5.74) is 2.65. The van der Waals surface area contributed by atoms with Crippen molar-refractivity contribution in [3.8, 4) is 0 Å². The third-order valence-electron chi connectivity index (χ3n) is 2.50. The van der Waals surface area contributed by atoms with E-state index in [1.54, 1.807) is 0 Å². The maximum absolute atomic E-state index is 10.4. The first-order chi connectivity index (χ1) is 7.16. The van der Waals surface area contributed by atoms with Gasteiger partial charge in [-0.25, -0.2) is 0 Å². The Bertz CT molecular complexity index is 391. The summed E-state index contributed by atoms with van der Waals surface area (Å²) in [5, 5.41) is 18.0. The summed E-state index contributed by atoms with van der Waals surface area (Å²) < 4.78 is 5.04. The quantitative estimate of drug-likeness (QED) is 0.679. The van der Waals surface area contributed by atoms with Gasteiger partial charge in [-0.3, -0.25) is 4.79 Å². The second kappa shape index (κ2) is 4.04. The zero-order valence-corrected chi connectivity index (χ0v) is 8.14. The van der Waals surface area contributed by atoms with E-state index in [-0.39, 0.29) is 6.42 Å². The van der Waals surface area contributed by atoms with E-state index in [0.29, 0.717) is 13.0 Å². The van der Waals surface area contributed by atoms with Gasteiger partial charge in [0.25, 0.3) is 0 Å². The van der Waals surface area contributed by atoms with Crippen LogP contribution in [0.15, 0.2) is 18.2 Å². The molecule has 1 heterocycles. The standard InChI is InChI=1S/C10H11BO4/c12-10(13)4-2-7-1-3-8-6-15-11(14)9(8)5-7/h1,3,5,14H,2,4,6H2,(H,12,13). The van der Waals surface area contributed by atoms with Crippen LogP contribution >= 0.6 is 0 Å². The molecule has 1 aromatic rings. The zero-order chi connectivity index (χ0) is 10.8. The molecule has 0 saturated carbocycles. The van der Waals surface area contributed by atoms with Gasteiger partial charge in [0.05, 0.1) is 6.61 Å². The van der Waals surface area contributed by atoms with Gasteiger partial charge in [0, 0.05) is 6.42 Å². The van der Waals surface area contributed by atoms with Crippen LogP contribution in [0.3, 0.4) is 0 Å². The normalized spacial score (nSPS) is 14.1. The summed E-state index contributed by atoms with van der Waals surface area (Å²) in [6.45, 7) is 0.426. The van der Waals surface area contributed by atoms with E-state index < -0.39 is 13.1 Å². The number of hydrogen-bond donors (Lipinski definition) is 2. The van der Waals surface area contributed by atoms with Gasteiger partial charge in [-0.05, 0) is 23.0 Å². The summed E-state index contributed by atoms with van der Waals surface area (Å²) >= 11 is 0. The van der Waals surface area contributed by atoms with Gasteiger partial charge >= 0.3 is 13.1 Å². The molecule has 0 radical (unpaired) electrons. The molecular formula is C10H11BO4. The molecule has 0 atom stereocenters. The first kappa shape index (κ1) is 10.2. The molecular weight excluding hydrogens is 195 g/mol. The van der Waals surface area contributed by atoms with Crippen molar-refractivity contribution in [2.45, 2.75) is 19.4 Å². The van der Waals surface area contributed by atoms with Gasteiger partial charge in [-0.15, -0.1) is 0 Å². The van der Waals surface area contributed by atoms with E-state index in [9.17, 15) is 9.82 Å². The largest absolute Gasteiger partial charge is 0.491 e. The summed E-state index contributed by atoms with van der Waals surface area (Å²) in [6, 6.07) is 5.57. The van der Waals surface area contributed by atoms with E-state index in [4.69, 9.17) is 9.76 Å². The molecule has 0 amide bonds. The van der Waals surface area contributed by atoms with Crippen LogP contribution in [0.4, 0.5) is 0 Å². The summed E-state index contributed by atoms with van der Waals surface area (Å²) in [4.78, 5) is 10.4. The van der Waals surface area contributed by atoms with E-state index in [1.165, 1.54) is 0 Å². The minimum atomic E-state index is -0.857. The number of aryl methyl sites for hydroxylation is 1. The lowest BCUT2D eigenvalue weighted by Crippen LogP contribution is -2.28. The molecule has 0 fully saturated rings. The minimum absolute atomic E-state index is 0.107. The Hall–Kier alpha value is -1.33. The van der Waals surface area contributed by atoms with Crippen LogP contribution < -0.4 is 5.46 Å². The van der Waals surface area contributed by atoms with Crippen LogP contribution in [-0.2, 0) is 22.5 Å². The minimum Gasteiger partial charge on any atom is -0.481 e. The number of benzene rings is 1. The van der Waals surface area contributed by atoms with Gasteiger partial charge in [-0.2, -0.15) is 0 Å². The molecule has 15 heavy (non-hydrogen) atoms. The van der Waals surface area contributed by atoms with Gasteiger partial charge in [0.15, 0.2) is 0 Å². The molecule has 1 aromatic carbocycles. The fourth-order valence-corrected chi connectivity index (χ4v) is 1.67. The summed E-state index contributed by atoms with van der Waals surface area (Å²) in [5.74, 6) is -0.813. The van der Waals surface area contributed by atoms with Crippen molar-refractivity contribution >= 4 is 18.6 Å². The molecule has 1 aliphatic heterocycles. The van der Waals surface area contributed by atoms with E-state index in [0.717, 1.165) is 16.6 Å². The highest BCUT2D eigenvalue weighted by Gasteiger charge is 2.26. The van der Waals surface area contributed by atoms with Gasteiger partial charge in [0.1, 0.15) is 0 Å². The first-order valence-electron chi connectivity index (χ1n) is 4.80. The SMILES string of the molecule is O=C(O)CCc1ccc2c(c1)B(O)OC2. The van der Waals surface area contributed by atoms with E-state index in [2.05, 4.69) is 0 Å². The Morgan fingerprint density at radius 3 is 3.07 bits per heavy atom. The summed E-state index contributed by atoms with van der Waals surface area (Å²) in [6.07, 6.45) is 0.588. The third-order valence-corrected chi connectivity index (χ3v) is 2.50. The molecule has 0 saturated heterocycles. The van der Waals surface area contributed by atoms with Crippen molar-refractivity contribution < 1.29 is 19.6 Å². The number of aliphatic carboxylic acids is 1. The monoisotopic (exact) mass is 206 g/mol. The highest BCUT2D eigenvalue weighted by Crippen LogP contribution is 2.12. The van der Waals surface area contributed by atoms with E-state index >= 15 is 0 Å². The predicted molar refractivity (Wildman–Crippen MR) is 54.8 cm³/mol. The lowest BCUT2D eigenvalue weighted by molar-refractivity contribution is -0.136. The average Bonchev–Trinajstić information content (AvgIpc) is 2.57. The fourth-order valence-electron chi connectivity index (χ4n) is 1.67. The number of carboxylic acid groups (broad SMARTS) is 1. The molecule has 0 spiro atoms. The zero-order valence-electron chi connectivity index (χ0n) is 8.14. The Morgan fingerprint density at radius 2 is 2.33 bits per heavy atom. The van der Waals surface area contributed by atoms with Crippen LogP contribution in [0, 0.1) is 0 Å². The van der Waals surface area contributed by atoms with Gasteiger partial charge < -0.3 is 14.8 Å². The van der Waals surface area contributed by atoms with Gasteiger partial charge in [-0.1, -0.05) is 18.2 Å². The molecule has 78 valence electrons. The topological polar surface area (TPSA) is 66.8 Å². The van der Waals surface area contributed by atoms with Crippen LogP contribution in [-0.4, -0.2) is 23.2 Å². The van der Waals surface area contributed by atoms with E-state index in [1.807, 2.05) is 18.2 Å². The highest BCUT2D eigenvalue weighted by atomic mass is 16.5. The van der Waals surface area contributed by atoms with Crippen LogP contribution in [0.25, 0.3) is 0 Å². The second-order valence-corrected chi connectivity index (χ2v) is 3.59. The van der Waals surface area contributed by atoms with Crippen LogP contribution in [0.1, 0.15) is 17.5 Å². The first-order valence-corrected chi connectivity index (χ1v) is 4.80. The molecule has 4 nitrogen and oxygen atoms in total. The summed E-state index contributed by atoms with van der Waals surface area (Å²) in [7, 11) is -0.857. The third kappa shape index (κ3) is 2.19. The smallest absolute Gasteiger partial charge is 0.481 e. The molecule has 0 unspecified atom stereocenters. The molecule has 2 rings (SSSR count). The highest BCUT2D eigenvalue weighted by molar-refractivity contribution is 6.61. The van der Waals surface area contributed by atoms with Crippen molar-refractivity contribution in [3.05, 3.63) is 29.3 Å². The predicted octanol–water partition coefficient (Wildman–Crippen LogP) is -0.0785. The molecule has 0 aromatic heterocycles. The molecule has 0 aliphatic carbocycles. The maximum atomic E-state index is 10.4. The number of hydrogen-bond acceptors (Lipinski definition) is 3. The Morgan fingerprint density at radius 1 is 1.53 bits per heavy atom. The van der Waals surface area contributed by atoms with Crippen LogP contribution in [0.5, 0.6) is 0 Å². The molecule has 1 aliphatic rings. The molecule has 2 N–H and O–H groups in total. The second-order valence-electron chi connectivity index (χ2n) is 3.59. The average molecular weight is 206 g/mol. The molecule has 0 bridgehead atoms. The van der Waals surface area contributed by atoms with Crippen LogP contribution in [0.2, 0.25) is 0 Å². The molecule has 5 heteroatoms. The van der Waals surface area contributed by atoms with Gasteiger partial charge in [0.2, 0.25) is 0 Å².